The van der Waals surface area contributed by atoms with Crippen LogP contribution in [0.1, 0.15) is 35.1 Å². The number of piperazine rings is 1. The van der Waals surface area contributed by atoms with Crippen molar-refractivity contribution in [2.24, 2.45) is 0 Å². The topological polar surface area (TPSA) is 96.0 Å². The smallest absolute Gasteiger partial charge is 0.243 e. The van der Waals surface area contributed by atoms with Crippen LogP contribution in [0, 0.1) is 13.8 Å². The van der Waals surface area contributed by atoms with Crippen LogP contribution in [0.15, 0.2) is 47.4 Å². The van der Waals surface area contributed by atoms with Crippen LogP contribution in [0.25, 0.3) is 0 Å². The molecule has 1 heterocycles. The average Bonchev–Trinajstić information content (AvgIpc) is 2.83. The van der Waals surface area contributed by atoms with Gasteiger partial charge in [-0.2, -0.15) is 4.31 Å². The lowest BCUT2D eigenvalue weighted by Crippen LogP contribution is -2.50. The molecule has 0 unspecified atom stereocenters. The highest BCUT2D eigenvalue weighted by atomic mass is 32.2. The lowest BCUT2D eigenvalue weighted by Gasteiger charge is -2.34. The first-order valence-corrected chi connectivity index (χ1v) is 12.8. The van der Waals surface area contributed by atoms with E-state index in [2.05, 4.69) is 5.32 Å². The molecule has 1 fully saturated rings. The van der Waals surface area contributed by atoms with Crippen molar-refractivity contribution in [1.82, 2.24) is 14.5 Å². The van der Waals surface area contributed by atoms with Crippen molar-refractivity contribution in [3.8, 4) is 0 Å². The van der Waals surface area contributed by atoms with Crippen molar-refractivity contribution in [3.05, 3.63) is 64.7 Å². The fraction of sp³-hybridized carbons (Fsp3) is 0.440. The van der Waals surface area contributed by atoms with Gasteiger partial charge in [-0.25, -0.2) is 8.42 Å². The predicted octanol–water partition coefficient (Wildman–Crippen LogP) is 2.38. The van der Waals surface area contributed by atoms with E-state index in [0.29, 0.717) is 36.7 Å². The minimum Gasteiger partial charge on any atom is -0.380 e. The number of carbonyl (C=O) groups is 2. The number of sulfonamides is 1. The van der Waals surface area contributed by atoms with Crippen molar-refractivity contribution < 1.29 is 22.7 Å². The molecule has 1 N–H and O–H groups in total. The average molecular weight is 488 g/mol. The lowest BCUT2D eigenvalue weighted by molar-refractivity contribution is -0.134. The number of benzene rings is 2. The molecule has 0 bridgehead atoms. The summed E-state index contributed by atoms with van der Waals surface area (Å²) in [5.74, 6) is -0.338. The Hall–Kier alpha value is -2.75. The van der Waals surface area contributed by atoms with Gasteiger partial charge in [0.25, 0.3) is 0 Å². The number of methoxy groups -OCH3 is 1. The summed E-state index contributed by atoms with van der Waals surface area (Å²) in [6.45, 7) is 5.60. The zero-order valence-corrected chi connectivity index (χ0v) is 20.9. The Bertz CT molecular complexity index is 1130. The summed E-state index contributed by atoms with van der Waals surface area (Å²) in [4.78, 5) is 26.8. The molecule has 9 heteroatoms. The van der Waals surface area contributed by atoms with Crippen LogP contribution in [-0.2, 0) is 37.5 Å². The molecule has 0 radical (unpaired) electrons. The van der Waals surface area contributed by atoms with Gasteiger partial charge in [-0.05, 0) is 42.2 Å². The Morgan fingerprint density at radius 2 is 1.65 bits per heavy atom. The molecule has 8 nitrogen and oxygen atoms in total. The first-order chi connectivity index (χ1) is 16.2. The number of nitrogens with one attached hydrogen (secondary N) is 1. The van der Waals surface area contributed by atoms with Crippen LogP contribution < -0.4 is 5.32 Å². The van der Waals surface area contributed by atoms with Gasteiger partial charge < -0.3 is 15.0 Å². The third-order valence-electron chi connectivity index (χ3n) is 6.01. The Balaban J connectivity index is 1.47. The van der Waals surface area contributed by atoms with Crippen LogP contribution in [-0.4, -0.2) is 62.7 Å². The van der Waals surface area contributed by atoms with Gasteiger partial charge in [0, 0.05) is 52.7 Å². The summed E-state index contributed by atoms with van der Waals surface area (Å²) in [6, 6.07) is 13.1. The SMILES string of the molecule is COCc1ccccc1CNC(=O)CCC(=O)N1CCN(S(=O)(=O)c2cc(C)ccc2C)CC1. The van der Waals surface area contributed by atoms with Crippen LogP contribution in [0.5, 0.6) is 0 Å². The molecule has 0 aliphatic carbocycles. The van der Waals surface area contributed by atoms with Crippen LogP contribution >= 0.6 is 0 Å². The van der Waals surface area contributed by atoms with Gasteiger partial charge in [-0.3, -0.25) is 9.59 Å². The van der Waals surface area contributed by atoms with Crippen LogP contribution in [0.4, 0.5) is 0 Å². The van der Waals surface area contributed by atoms with E-state index < -0.39 is 10.0 Å². The first kappa shape index (κ1) is 25.9. The van der Waals surface area contributed by atoms with Crippen molar-refractivity contribution >= 4 is 21.8 Å². The molecule has 2 amide bonds. The van der Waals surface area contributed by atoms with Crippen LogP contribution in [0.2, 0.25) is 0 Å². The standard InChI is InChI=1S/C25H33N3O5S/c1-19-8-9-20(2)23(16-19)34(31,32)28-14-12-27(13-15-28)25(30)11-10-24(29)26-17-21-6-4-5-7-22(21)18-33-3/h4-9,16H,10-15,17-18H2,1-3H3,(H,26,29). The van der Waals surface area contributed by atoms with Gasteiger partial charge in [0.2, 0.25) is 21.8 Å². The number of ether oxygens (including phenoxy) is 1. The second-order valence-corrected chi connectivity index (χ2v) is 10.4. The van der Waals surface area contributed by atoms with Gasteiger partial charge in [0.1, 0.15) is 0 Å². The maximum Gasteiger partial charge on any atom is 0.243 e. The molecule has 0 atom stereocenters. The summed E-state index contributed by atoms with van der Waals surface area (Å²) in [6.07, 6.45) is 0.182. The number of hydrogen-bond donors (Lipinski definition) is 1. The number of carbonyl (C=O) groups excluding carboxylic acids is 2. The molecule has 2 aromatic rings. The molecule has 184 valence electrons. The van der Waals surface area contributed by atoms with E-state index in [1.807, 2.05) is 43.3 Å². The minimum atomic E-state index is -3.61. The molecule has 2 aromatic carbocycles. The molecule has 1 saturated heterocycles. The monoisotopic (exact) mass is 487 g/mol. The van der Waals surface area contributed by atoms with Crippen molar-refractivity contribution in [1.29, 1.82) is 0 Å². The zero-order chi connectivity index (χ0) is 24.7. The normalized spacial score (nSPS) is 14.7. The highest BCUT2D eigenvalue weighted by molar-refractivity contribution is 7.89. The van der Waals surface area contributed by atoms with E-state index in [4.69, 9.17) is 4.74 Å². The summed E-state index contributed by atoms with van der Waals surface area (Å²) in [7, 11) is -1.98. The Morgan fingerprint density at radius 3 is 2.32 bits per heavy atom. The van der Waals surface area contributed by atoms with Gasteiger partial charge >= 0.3 is 0 Å². The van der Waals surface area contributed by atoms with Gasteiger partial charge in [-0.15, -0.1) is 0 Å². The number of amides is 2. The molecule has 0 saturated carbocycles. The second-order valence-electron chi connectivity index (χ2n) is 8.53. The van der Waals surface area contributed by atoms with Crippen LogP contribution in [0.3, 0.4) is 0 Å². The summed E-state index contributed by atoms with van der Waals surface area (Å²) in [5, 5.41) is 2.86. The Labute approximate surface area is 201 Å². The molecular formula is C25H33N3O5S. The summed E-state index contributed by atoms with van der Waals surface area (Å²) < 4.78 is 32.8. The van der Waals surface area contributed by atoms with E-state index in [-0.39, 0.29) is 37.7 Å². The fourth-order valence-corrected chi connectivity index (χ4v) is 5.72. The van der Waals surface area contributed by atoms with E-state index in [1.54, 1.807) is 25.0 Å². The highest BCUT2D eigenvalue weighted by Gasteiger charge is 2.31. The molecule has 0 spiro atoms. The maximum atomic E-state index is 13.1. The van der Waals surface area contributed by atoms with E-state index in [9.17, 15) is 18.0 Å². The maximum absolute atomic E-state index is 13.1. The fourth-order valence-electron chi connectivity index (χ4n) is 3.99. The van der Waals surface area contributed by atoms with E-state index in [0.717, 1.165) is 16.7 Å². The lowest BCUT2D eigenvalue weighted by atomic mass is 10.1. The minimum absolute atomic E-state index is 0.0896. The highest BCUT2D eigenvalue weighted by Crippen LogP contribution is 2.22. The third kappa shape index (κ3) is 6.43. The first-order valence-electron chi connectivity index (χ1n) is 11.4. The zero-order valence-electron chi connectivity index (χ0n) is 20.0. The Kier molecular flexibility index (Phi) is 8.82. The van der Waals surface area contributed by atoms with Gasteiger partial charge in [0.05, 0.1) is 11.5 Å². The number of rotatable bonds is 9. The molecule has 34 heavy (non-hydrogen) atoms. The van der Waals surface area contributed by atoms with E-state index >= 15 is 0 Å². The number of hydrogen-bond acceptors (Lipinski definition) is 5. The molecule has 3 rings (SSSR count). The second kappa shape index (κ2) is 11.6. The van der Waals surface area contributed by atoms with Gasteiger partial charge in [0.15, 0.2) is 0 Å². The number of nitrogens with zero attached hydrogens (tertiary/aromatic N) is 2. The van der Waals surface area contributed by atoms with E-state index in [1.165, 1.54) is 4.31 Å². The quantitative estimate of drug-likeness (QED) is 0.586. The van der Waals surface area contributed by atoms with Gasteiger partial charge in [-0.1, -0.05) is 36.4 Å². The number of aryl methyl sites for hydroxylation is 2. The molecule has 0 aromatic heterocycles. The van der Waals surface area contributed by atoms with Crippen molar-refractivity contribution in [2.45, 2.75) is 44.7 Å². The summed E-state index contributed by atoms with van der Waals surface area (Å²) in [5.41, 5.74) is 3.58. The third-order valence-corrected chi connectivity index (χ3v) is 8.05. The molecule has 1 aliphatic heterocycles. The Morgan fingerprint density at radius 1 is 0.971 bits per heavy atom. The largest absolute Gasteiger partial charge is 0.380 e. The van der Waals surface area contributed by atoms with Crippen molar-refractivity contribution in [2.75, 3.05) is 33.3 Å². The van der Waals surface area contributed by atoms with Crippen molar-refractivity contribution in [3.63, 3.8) is 0 Å². The predicted molar refractivity (Wildman–Crippen MR) is 129 cm³/mol. The summed E-state index contributed by atoms with van der Waals surface area (Å²) >= 11 is 0. The molecule has 1 aliphatic rings. The molecular weight excluding hydrogens is 454 g/mol.